The van der Waals surface area contributed by atoms with Crippen LogP contribution >= 0.6 is 0 Å². The van der Waals surface area contributed by atoms with E-state index in [-0.39, 0.29) is 30.1 Å². The molecule has 0 aromatic heterocycles. The van der Waals surface area contributed by atoms with Gasteiger partial charge in [-0.05, 0) is 31.2 Å². The third-order valence-electron chi connectivity index (χ3n) is 5.05. The van der Waals surface area contributed by atoms with Crippen molar-refractivity contribution >= 4 is 17.5 Å². The molecule has 3 rings (SSSR count). The van der Waals surface area contributed by atoms with Crippen molar-refractivity contribution in [1.29, 1.82) is 0 Å². The Kier molecular flexibility index (Phi) is 7.11. The van der Waals surface area contributed by atoms with Crippen molar-refractivity contribution in [3.8, 4) is 5.75 Å². The molecule has 1 unspecified atom stereocenters. The van der Waals surface area contributed by atoms with Gasteiger partial charge in [0.1, 0.15) is 17.4 Å². The summed E-state index contributed by atoms with van der Waals surface area (Å²) in [6.07, 6.45) is 0. The summed E-state index contributed by atoms with van der Waals surface area (Å²) in [7, 11) is 0. The number of carbonyl (C=O) groups excluding carboxylic acids is 2. The van der Waals surface area contributed by atoms with Crippen LogP contribution in [0.1, 0.15) is 17.3 Å². The summed E-state index contributed by atoms with van der Waals surface area (Å²) in [6, 6.07) is 7.88. The van der Waals surface area contributed by atoms with E-state index in [0.29, 0.717) is 13.1 Å². The number of hydrogen-bond acceptors (Lipinski definition) is 4. The van der Waals surface area contributed by atoms with Gasteiger partial charge in [-0.25, -0.2) is 8.78 Å². The zero-order valence-corrected chi connectivity index (χ0v) is 16.7. The van der Waals surface area contributed by atoms with E-state index in [1.807, 2.05) is 0 Å². The summed E-state index contributed by atoms with van der Waals surface area (Å²) in [6.45, 7) is -0.238. The minimum atomic E-state index is -3.05. The van der Waals surface area contributed by atoms with Crippen LogP contribution in [0.15, 0.2) is 42.5 Å². The van der Waals surface area contributed by atoms with Crippen LogP contribution in [-0.4, -0.2) is 60.4 Å². The summed E-state index contributed by atoms with van der Waals surface area (Å²) in [5.74, 6) is -2.58. The fourth-order valence-electron chi connectivity index (χ4n) is 3.32. The molecule has 1 N–H and O–H groups in total. The first kappa shape index (κ1) is 22.5. The molecule has 0 spiro atoms. The van der Waals surface area contributed by atoms with Crippen LogP contribution in [0, 0.1) is 11.6 Å². The number of hydrogen-bond donors (Lipinski definition) is 1. The number of alkyl halides is 2. The third-order valence-corrected chi connectivity index (χ3v) is 5.05. The maximum absolute atomic E-state index is 13.8. The van der Waals surface area contributed by atoms with E-state index in [9.17, 15) is 27.2 Å². The lowest BCUT2D eigenvalue weighted by Gasteiger charge is -2.37. The number of ether oxygens (including phenoxy) is 1. The van der Waals surface area contributed by atoms with Gasteiger partial charge in [-0.15, -0.1) is 0 Å². The highest BCUT2D eigenvalue weighted by Crippen LogP contribution is 2.23. The standard InChI is InChI=1S/C21H21F4N3O3/c1-13(19(29)26-17-12-14(22)6-7-16(17)23)27-8-10-28(11-9-27)20(30)15-4-2-3-5-18(15)31-21(24)25/h2-7,12-13,21H,8-11H2,1H3,(H,26,29). The van der Waals surface area contributed by atoms with E-state index < -0.39 is 36.1 Å². The van der Waals surface area contributed by atoms with Crippen molar-refractivity contribution in [3.05, 3.63) is 59.7 Å². The lowest BCUT2D eigenvalue weighted by atomic mass is 10.1. The van der Waals surface area contributed by atoms with Crippen molar-refractivity contribution in [1.82, 2.24) is 9.80 Å². The van der Waals surface area contributed by atoms with E-state index in [0.717, 1.165) is 18.2 Å². The summed E-state index contributed by atoms with van der Waals surface area (Å²) in [5.41, 5.74) is -0.218. The maximum Gasteiger partial charge on any atom is 0.387 e. The number of nitrogens with zero attached hydrogens (tertiary/aromatic N) is 2. The molecule has 2 aromatic rings. The van der Waals surface area contributed by atoms with Gasteiger partial charge in [0.05, 0.1) is 17.3 Å². The molecule has 0 radical (unpaired) electrons. The van der Waals surface area contributed by atoms with E-state index in [1.165, 1.54) is 23.1 Å². The van der Waals surface area contributed by atoms with Crippen molar-refractivity contribution in [3.63, 3.8) is 0 Å². The molecule has 31 heavy (non-hydrogen) atoms. The summed E-state index contributed by atoms with van der Waals surface area (Å²) in [5, 5.41) is 2.37. The first-order valence-corrected chi connectivity index (χ1v) is 9.59. The highest BCUT2D eigenvalue weighted by Gasteiger charge is 2.29. The van der Waals surface area contributed by atoms with Gasteiger partial charge in [-0.2, -0.15) is 8.78 Å². The smallest absolute Gasteiger partial charge is 0.387 e. The molecule has 0 bridgehead atoms. The average molecular weight is 439 g/mol. The molecule has 0 aliphatic carbocycles. The largest absolute Gasteiger partial charge is 0.434 e. The Morgan fingerprint density at radius 2 is 1.71 bits per heavy atom. The Balaban J connectivity index is 1.59. The lowest BCUT2D eigenvalue weighted by molar-refractivity contribution is -0.121. The minimum absolute atomic E-state index is 0.0311. The van der Waals surface area contributed by atoms with Gasteiger partial charge in [-0.3, -0.25) is 14.5 Å². The summed E-state index contributed by atoms with van der Waals surface area (Å²) in [4.78, 5) is 28.5. The van der Waals surface area contributed by atoms with E-state index >= 15 is 0 Å². The molecule has 0 saturated carbocycles. The van der Waals surface area contributed by atoms with E-state index in [2.05, 4.69) is 10.1 Å². The molecule has 1 aliphatic heterocycles. The zero-order chi connectivity index (χ0) is 22.5. The highest BCUT2D eigenvalue weighted by atomic mass is 19.3. The Bertz CT molecular complexity index is 949. The molecule has 1 aliphatic rings. The fourth-order valence-corrected chi connectivity index (χ4v) is 3.32. The molecule has 1 saturated heterocycles. The third kappa shape index (κ3) is 5.52. The SMILES string of the molecule is CC(C(=O)Nc1cc(F)ccc1F)N1CCN(C(=O)c2ccccc2OC(F)F)CC1. The Hall–Kier alpha value is -3.14. The molecular weight excluding hydrogens is 418 g/mol. The van der Waals surface area contributed by atoms with Crippen LogP contribution in [0.2, 0.25) is 0 Å². The van der Waals surface area contributed by atoms with E-state index in [4.69, 9.17) is 0 Å². The van der Waals surface area contributed by atoms with Crippen molar-refractivity contribution < 1.29 is 31.9 Å². The summed E-state index contributed by atoms with van der Waals surface area (Å²) < 4.78 is 56.6. The Morgan fingerprint density at radius 3 is 2.39 bits per heavy atom. The number of benzene rings is 2. The van der Waals surface area contributed by atoms with Crippen LogP contribution in [0.5, 0.6) is 5.75 Å². The Morgan fingerprint density at radius 1 is 1.03 bits per heavy atom. The quantitative estimate of drug-likeness (QED) is 0.702. The number of para-hydroxylation sites is 1. The predicted molar refractivity (Wildman–Crippen MR) is 105 cm³/mol. The number of anilines is 1. The second-order valence-corrected chi connectivity index (χ2v) is 6.99. The summed E-state index contributed by atoms with van der Waals surface area (Å²) >= 11 is 0. The lowest BCUT2D eigenvalue weighted by Crippen LogP contribution is -2.54. The van der Waals surface area contributed by atoms with Gasteiger partial charge in [0.25, 0.3) is 5.91 Å². The number of nitrogens with one attached hydrogen (secondary N) is 1. The molecule has 2 aromatic carbocycles. The molecule has 6 nitrogen and oxygen atoms in total. The van der Waals surface area contributed by atoms with Crippen LogP contribution in [0.4, 0.5) is 23.2 Å². The first-order chi connectivity index (χ1) is 14.8. The van der Waals surface area contributed by atoms with Gasteiger partial charge in [0.15, 0.2) is 0 Å². The van der Waals surface area contributed by atoms with Gasteiger partial charge in [-0.1, -0.05) is 12.1 Å². The van der Waals surface area contributed by atoms with Crippen molar-refractivity contribution in [2.45, 2.75) is 19.6 Å². The zero-order valence-electron chi connectivity index (χ0n) is 16.7. The second-order valence-electron chi connectivity index (χ2n) is 6.99. The number of rotatable bonds is 6. The number of carbonyl (C=O) groups is 2. The van der Waals surface area contributed by atoms with Gasteiger partial charge in [0, 0.05) is 32.2 Å². The van der Waals surface area contributed by atoms with Gasteiger partial charge in [0.2, 0.25) is 5.91 Å². The van der Waals surface area contributed by atoms with Crippen molar-refractivity contribution in [2.75, 3.05) is 31.5 Å². The second kappa shape index (κ2) is 9.78. The monoisotopic (exact) mass is 439 g/mol. The van der Waals surface area contributed by atoms with Crippen LogP contribution in [-0.2, 0) is 4.79 Å². The van der Waals surface area contributed by atoms with Crippen LogP contribution < -0.4 is 10.1 Å². The molecule has 1 heterocycles. The molecule has 166 valence electrons. The molecule has 1 atom stereocenters. The number of amides is 2. The average Bonchev–Trinajstić information content (AvgIpc) is 2.75. The normalized spacial score (nSPS) is 15.6. The molecular formula is C21H21F4N3O3. The molecule has 10 heteroatoms. The van der Waals surface area contributed by atoms with Crippen LogP contribution in [0.25, 0.3) is 0 Å². The first-order valence-electron chi connectivity index (χ1n) is 9.59. The van der Waals surface area contributed by atoms with Crippen LogP contribution in [0.3, 0.4) is 0 Å². The Labute approximate surface area is 176 Å². The predicted octanol–water partition coefficient (Wildman–Crippen LogP) is 3.35. The molecule has 2 amide bonds. The fraction of sp³-hybridized carbons (Fsp3) is 0.333. The van der Waals surface area contributed by atoms with Gasteiger partial charge >= 0.3 is 6.61 Å². The highest BCUT2D eigenvalue weighted by molar-refractivity contribution is 5.97. The van der Waals surface area contributed by atoms with Gasteiger partial charge < -0.3 is 15.0 Å². The number of halogens is 4. The topological polar surface area (TPSA) is 61.9 Å². The minimum Gasteiger partial charge on any atom is -0.434 e. The maximum atomic E-state index is 13.8. The molecule has 1 fully saturated rings. The number of piperazine rings is 1. The van der Waals surface area contributed by atoms with E-state index in [1.54, 1.807) is 17.9 Å². The van der Waals surface area contributed by atoms with Crippen molar-refractivity contribution in [2.24, 2.45) is 0 Å².